The Morgan fingerprint density at radius 3 is 2.43 bits per heavy atom. The molecule has 0 saturated carbocycles. The van der Waals surface area contributed by atoms with Gasteiger partial charge in [-0.2, -0.15) is 5.10 Å². The second kappa shape index (κ2) is 7.34. The smallest absolute Gasteiger partial charge is 0.275 e. The number of nitrogens with zero attached hydrogens (tertiary/aromatic N) is 3. The van der Waals surface area contributed by atoms with E-state index < -0.39 is 0 Å². The number of amides is 2. The number of benzene rings is 2. The lowest BCUT2D eigenvalue weighted by Gasteiger charge is -2.34. The van der Waals surface area contributed by atoms with E-state index in [2.05, 4.69) is 10.2 Å². The molecule has 0 radical (unpaired) electrons. The summed E-state index contributed by atoms with van der Waals surface area (Å²) in [5.41, 5.74) is 2.96. The highest BCUT2D eigenvalue weighted by Gasteiger charge is 2.27. The zero-order valence-electron chi connectivity index (χ0n) is 15.9. The number of fused-ring (bicyclic) bond motifs is 1. The lowest BCUT2D eigenvalue weighted by atomic mass is 10.1. The van der Waals surface area contributed by atoms with Gasteiger partial charge in [0.15, 0.2) is 5.69 Å². The molecular formula is C21H22N4O3. The highest BCUT2D eigenvalue weighted by Crippen LogP contribution is 2.20. The molecular weight excluding hydrogens is 356 g/mol. The summed E-state index contributed by atoms with van der Waals surface area (Å²) in [5, 5.41) is 7.98. The number of nitrogens with one attached hydrogen (secondary N) is 1. The van der Waals surface area contributed by atoms with Crippen molar-refractivity contribution in [3.8, 4) is 5.75 Å². The number of aromatic amines is 1. The van der Waals surface area contributed by atoms with E-state index in [1.807, 2.05) is 31.2 Å². The van der Waals surface area contributed by atoms with E-state index in [0.717, 1.165) is 16.5 Å². The summed E-state index contributed by atoms with van der Waals surface area (Å²) in [4.78, 5) is 29.2. The lowest BCUT2D eigenvalue weighted by molar-refractivity contribution is 0.0533. The number of ether oxygens (including phenoxy) is 1. The predicted molar refractivity (Wildman–Crippen MR) is 106 cm³/mol. The SMILES string of the molecule is COc1cccc(C(=O)N2CCN(C(=O)c3n[nH]c4ccc(C)cc34)CC2)c1. The van der Waals surface area contributed by atoms with E-state index in [1.165, 1.54) is 0 Å². The van der Waals surface area contributed by atoms with Crippen LogP contribution < -0.4 is 4.74 Å². The number of H-pyrrole nitrogens is 1. The molecule has 7 nitrogen and oxygen atoms in total. The summed E-state index contributed by atoms with van der Waals surface area (Å²) >= 11 is 0. The fourth-order valence-corrected chi connectivity index (χ4v) is 3.49. The average molecular weight is 378 g/mol. The van der Waals surface area contributed by atoms with Gasteiger partial charge in [-0.1, -0.05) is 17.7 Å². The Kier molecular flexibility index (Phi) is 4.73. The first-order valence-corrected chi connectivity index (χ1v) is 9.24. The minimum Gasteiger partial charge on any atom is -0.497 e. The van der Waals surface area contributed by atoms with Crippen LogP contribution in [0.5, 0.6) is 5.75 Å². The number of rotatable bonds is 3. The van der Waals surface area contributed by atoms with Gasteiger partial charge in [0.1, 0.15) is 5.75 Å². The molecule has 2 amide bonds. The molecule has 0 atom stereocenters. The molecule has 2 heterocycles. The van der Waals surface area contributed by atoms with Crippen LogP contribution in [0.3, 0.4) is 0 Å². The van der Waals surface area contributed by atoms with Crippen LogP contribution in [0.4, 0.5) is 0 Å². The van der Waals surface area contributed by atoms with E-state index in [9.17, 15) is 9.59 Å². The Morgan fingerprint density at radius 1 is 1.00 bits per heavy atom. The zero-order valence-corrected chi connectivity index (χ0v) is 15.9. The number of piperazine rings is 1. The van der Waals surface area contributed by atoms with Crippen molar-refractivity contribution in [2.75, 3.05) is 33.3 Å². The molecule has 1 saturated heterocycles. The van der Waals surface area contributed by atoms with Crippen molar-refractivity contribution in [2.24, 2.45) is 0 Å². The third-order valence-electron chi connectivity index (χ3n) is 5.09. The van der Waals surface area contributed by atoms with E-state index in [4.69, 9.17) is 4.74 Å². The van der Waals surface area contributed by atoms with Gasteiger partial charge in [0.25, 0.3) is 11.8 Å². The van der Waals surface area contributed by atoms with Gasteiger partial charge in [-0.05, 0) is 37.3 Å². The fraction of sp³-hybridized carbons (Fsp3) is 0.286. The molecule has 0 unspecified atom stereocenters. The average Bonchev–Trinajstić information content (AvgIpc) is 3.16. The topological polar surface area (TPSA) is 78.5 Å². The minimum absolute atomic E-state index is 0.0492. The Morgan fingerprint density at radius 2 is 1.71 bits per heavy atom. The third-order valence-corrected chi connectivity index (χ3v) is 5.09. The van der Waals surface area contributed by atoms with Crippen LogP contribution in [0.15, 0.2) is 42.5 Å². The van der Waals surface area contributed by atoms with Crippen molar-refractivity contribution in [3.63, 3.8) is 0 Å². The summed E-state index contributed by atoms with van der Waals surface area (Å²) in [6.07, 6.45) is 0. The molecule has 2 aromatic carbocycles. The second-order valence-corrected chi connectivity index (χ2v) is 6.94. The molecule has 1 N–H and O–H groups in total. The number of carbonyl (C=O) groups excluding carboxylic acids is 2. The van der Waals surface area contributed by atoms with E-state index >= 15 is 0 Å². The van der Waals surface area contributed by atoms with E-state index in [-0.39, 0.29) is 11.8 Å². The number of hydrogen-bond donors (Lipinski definition) is 1. The number of methoxy groups -OCH3 is 1. The van der Waals surface area contributed by atoms with Crippen molar-refractivity contribution in [1.82, 2.24) is 20.0 Å². The van der Waals surface area contributed by atoms with Gasteiger partial charge in [-0.3, -0.25) is 14.7 Å². The minimum atomic E-state index is -0.106. The fourth-order valence-electron chi connectivity index (χ4n) is 3.49. The van der Waals surface area contributed by atoms with Crippen LogP contribution in [0.1, 0.15) is 26.4 Å². The molecule has 3 aromatic rings. The molecule has 28 heavy (non-hydrogen) atoms. The van der Waals surface area contributed by atoms with Crippen molar-refractivity contribution >= 4 is 22.7 Å². The Bertz CT molecular complexity index is 1040. The van der Waals surface area contributed by atoms with E-state index in [0.29, 0.717) is 43.2 Å². The van der Waals surface area contributed by atoms with Gasteiger partial charge in [-0.25, -0.2) is 0 Å². The highest BCUT2D eigenvalue weighted by atomic mass is 16.5. The van der Waals surface area contributed by atoms with Crippen LogP contribution in [0.2, 0.25) is 0 Å². The van der Waals surface area contributed by atoms with Gasteiger partial charge >= 0.3 is 0 Å². The highest BCUT2D eigenvalue weighted by molar-refractivity contribution is 6.05. The first-order valence-electron chi connectivity index (χ1n) is 9.24. The number of carbonyl (C=O) groups is 2. The summed E-state index contributed by atoms with van der Waals surface area (Å²) in [6, 6.07) is 13.0. The summed E-state index contributed by atoms with van der Waals surface area (Å²) in [5.74, 6) is 0.498. The van der Waals surface area contributed by atoms with Crippen LogP contribution in [-0.2, 0) is 0 Å². The van der Waals surface area contributed by atoms with Gasteiger partial charge in [0.2, 0.25) is 0 Å². The van der Waals surface area contributed by atoms with Crippen LogP contribution >= 0.6 is 0 Å². The number of hydrogen-bond acceptors (Lipinski definition) is 4. The molecule has 0 aliphatic carbocycles. The van der Waals surface area contributed by atoms with Gasteiger partial charge in [0.05, 0.1) is 12.6 Å². The number of aromatic nitrogens is 2. The normalized spacial score (nSPS) is 14.4. The second-order valence-electron chi connectivity index (χ2n) is 6.94. The van der Waals surface area contributed by atoms with Crippen molar-refractivity contribution in [1.29, 1.82) is 0 Å². The standard InChI is InChI=1S/C21H22N4O3/c1-14-6-7-18-17(12-14)19(23-22-18)21(27)25-10-8-24(9-11-25)20(26)15-4-3-5-16(13-15)28-2/h3-7,12-13H,8-11H2,1-2H3,(H,22,23). The van der Waals surface area contributed by atoms with Crippen LogP contribution in [0.25, 0.3) is 10.9 Å². The first-order chi connectivity index (χ1) is 13.6. The lowest BCUT2D eigenvalue weighted by Crippen LogP contribution is -2.50. The molecule has 1 fully saturated rings. The zero-order chi connectivity index (χ0) is 19.7. The van der Waals surface area contributed by atoms with Crippen molar-refractivity contribution in [2.45, 2.75) is 6.92 Å². The van der Waals surface area contributed by atoms with Gasteiger partial charge in [-0.15, -0.1) is 0 Å². The van der Waals surface area contributed by atoms with Crippen LogP contribution in [0, 0.1) is 6.92 Å². The maximum absolute atomic E-state index is 12.9. The molecule has 144 valence electrons. The van der Waals surface area contributed by atoms with Crippen LogP contribution in [-0.4, -0.2) is 65.1 Å². The maximum Gasteiger partial charge on any atom is 0.275 e. The molecule has 4 rings (SSSR count). The quantitative estimate of drug-likeness (QED) is 0.759. The molecule has 0 bridgehead atoms. The maximum atomic E-state index is 12.9. The summed E-state index contributed by atoms with van der Waals surface area (Å²) in [6.45, 7) is 3.93. The predicted octanol–water partition coefficient (Wildman–Crippen LogP) is 2.48. The largest absolute Gasteiger partial charge is 0.497 e. The molecule has 0 spiro atoms. The summed E-state index contributed by atoms with van der Waals surface area (Å²) in [7, 11) is 1.58. The Hall–Kier alpha value is -3.35. The summed E-state index contributed by atoms with van der Waals surface area (Å²) < 4.78 is 5.19. The van der Waals surface area contributed by atoms with Gasteiger partial charge < -0.3 is 14.5 Å². The molecule has 7 heteroatoms. The molecule has 1 aliphatic rings. The van der Waals surface area contributed by atoms with Crippen molar-refractivity contribution in [3.05, 3.63) is 59.3 Å². The first kappa shape index (κ1) is 18.0. The van der Waals surface area contributed by atoms with E-state index in [1.54, 1.807) is 35.1 Å². The van der Waals surface area contributed by atoms with Crippen molar-refractivity contribution < 1.29 is 14.3 Å². The Labute approximate surface area is 162 Å². The monoisotopic (exact) mass is 378 g/mol. The molecule has 1 aliphatic heterocycles. The number of aryl methyl sites for hydroxylation is 1. The van der Waals surface area contributed by atoms with Gasteiger partial charge in [0, 0.05) is 37.1 Å². The Balaban J connectivity index is 1.45. The third kappa shape index (κ3) is 3.31. The molecule has 1 aromatic heterocycles.